The minimum Gasteiger partial charge on any atom is -0.388 e. The summed E-state index contributed by atoms with van der Waals surface area (Å²) in [5.41, 5.74) is -0.717. The lowest BCUT2D eigenvalue weighted by molar-refractivity contribution is 0.0265. The van der Waals surface area contributed by atoms with Crippen LogP contribution in [0.3, 0.4) is 0 Å². The van der Waals surface area contributed by atoms with Gasteiger partial charge in [0.05, 0.1) is 5.60 Å². The van der Waals surface area contributed by atoms with E-state index in [9.17, 15) is 5.11 Å². The molecule has 0 aliphatic heterocycles. The van der Waals surface area contributed by atoms with Gasteiger partial charge in [-0.25, -0.2) is 9.97 Å². The molecule has 0 aromatic carbocycles. The maximum Gasteiger partial charge on any atom is 0.129 e. The van der Waals surface area contributed by atoms with Crippen molar-refractivity contribution in [1.82, 2.24) is 9.97 Å². The fraction of sp³-hybridized carbons (Fsp3) is 0.600. The molecular formula is C10H17N3O. The third-order valence-electron chi connectivity index (χ3n) is 2.45. The SMILES string of the molecule is CC(C)C(C)(O)CNc1ccncn1. The van der Waals surface area contributed by atoms with Gasteiger partial charge in [-0.2, -0.15) is 0 Å². The lowest BCUT2D eigenvalue weighted by Crippen LogP contribution is -2.38. The smallest absolute Gasteiger partial charge is 0.129 e. The molecule has 1 aromatic heterocycles. The molecule has 78 valence electrons. The van der Waals surface area contributed by atoms with Crippen LogP contribution >= 0.6 is 0 Å². The van der Waals surface area contributed by atoms with E-state index in [2.05, 4.69) is 15.3 Å². The molecule has 0 spiro atoms. The minimum absolute atomic E-state index is 0.205. The molecule has 0 saturated carbocycles. The van der Waals surface area contributed by atoms with E-state index >= 15 is 0 Å². The monoisotopic (exact) mass is 195 g/mol. The third-order valence-corrected chi connectivity index (χ3v) is 2.45. The molecule has 1 rings (SSSR count). The van der Waals surface area contributed by atoms with Crippen molar-refractivity contribution < 1.29 is 5.11 Å². The van der Waals surface area contributed by atoms with Crippen molar-refractivity contribution in [2.45, 2.75) is 26.4 Å². The first-order chi connectivity index (χ1) is 6.52. The van der Waals surface area contributed by atoms with E-state index in [1.807, 2.05) is 20.8 Å². The van der Waals surface area contributed by atoms with Crippen LogP contribution in [0, 0.1) is 5.92 Å². The number of aliphatic hydroxyl groups is 1. The van der Waals surface area contributed by atoms with E-state index in [1.165, 1.54) is 6.33 Å². The Hall–Kier alpha value is -1.16. The van der Waals surface area contributed by atoms with Crippen LogP contribution < -0.4 is 5.32 Å². The molecule has 0 saturated heterocycles. The molecular weight excluding hydrogens is 178 g/mol. The Labute approximate surface area is 84.4 Å². The van der Waals surface area contributed by atoms with E-state index in [0.717, 1.165) is 5.82 Å². The van der Waals surface area contributed by atoms with Gasteiger partial charge >= 0.3 is 0 Å². The van der Waals surface area contributed by atoms with Crippen LogP contribution in [0.4, 0.5) is 5.82 Å². The first-order valence-electron chi connectivity index (χ1n) is 4.74. The Kier molecular flexibility index (Phi) is 3.41. The van der Waals surface area contributed by atoms with Crippen molar-refractivity contribution in [2.24, 2.45) is 5.92 Å². The Balaban J connectivity index is 2.49. The molecule has 0 aliphatic rings. The van der Waals surface area contributed by atoms with Gasteiger partial charge in [0.25, 0.3) is 0 Å². The summed E-state index contributed by atoms with van der Waals surface area (Å²) >= 11 is 0. The van der Waals surface area contributed by atoms with E-state index in [-0.39, 0.29) is 5.92 Å². The zero-order chi connectivity index (χ0) is 10.6. The first kappa shape index (κ1) is 10.9. The largest absolute Gasteiger partial charge is 0.388 e. The van der Waals surface area contributed by atoms with Crippen molar-refractivity contribution >= 4 is 5.82 Å². The summed E-state index contributed by atoms with van der Waals surface area (Å²) in [4.78, 5) is 7.82. The topological polar surface area (TPSA) is 58.0 Å². The second-order valence-corrected chi connectivity index (χ2v) is 3.96. The Bertz CT molecular complexity index is 272. The highest BCUT2D eigenvalue weighted by Crippen LogP contribution is 2.16. The molecule has 14 heavy (non-hydrogen) atoms. The van der Waals surface area contributed by atoms with Crippen LogP contribution in [0.5, 0.6) is 0 Å². The van der Waals surface area contributed by atoms with Crippen LogP contribution in [0.2, 0.25) is 0 Å². The molecule has 0 amide bonds. The number of rotatable bonds is 4. The first-order valence-corrected chi connectivity index (χ1v) is 4.74. The van der Waals surface area contributed by atoms with Gasteiger partial charge < -0.3 is 10.4 Å². The van der Waals surface area contributed by atoms with Crippen molar-refractivity contribution in [3.8, 4) is 0 Å². The van der Waals surface area contributed by atoms with Crippen molar-refractivity contribution in [2.75, 3.05) is 11.9 Å². The fourth-order valence-electron chi connectivity index (χ4n) is 0.869. The summed E-state index contributed by atoms with van der Waals surface area (Å²) in [6.45, 7) is 6.27. The fourth-order valence-corrected chi connectivity index (χ4v) is 0.869. The third kappa shape index (κ3) is 2.96. The average molecular weight is 195 g/mol. The van der Waals surface area contributed by atoms with Crippen molar-refractivity contribution in [3.63, 3.8) is 0 Å². The molecule has 1 aromatic rings. The zero-order valence-electron chi connectivity index (χ0n) is 8.86. The zero-order valence-corrected chi connectivity index (χ0v) is 8.86. The van der Waals surface area contributed by atoms with Crippen LogP contribution in [-0.4, -0.2) is 27.2 Å². The number of aromatic nitrogens is 2. The Morgan fingerprint density at radius 2 is 2.29 bits per heavy atom. The van der Waals surface area contributed by atoms with Crippen molar-refractivity contribution in [1.29, 1.82) is 0 Å². The van der Waals surface area contributed by atoms with Gasteiger partial charge in [0.1, 0.15) is 12.1 Å². The normalized spacial score (nSPS) is 15.2. The lowest BCUT2D eigenvalue weighted by Gasteiger charge is -2.27. The second kappa shape index (κ2) is 4.37. The molecule has 2 N–H and O–H groups in total. The molecule has 1 unspecified atom stereocenters. The minimum atomic E-state index is -0.717. The van der Waals surface area contributed by atoms with Gasteiger partial charge in [0.2, 0.25) is 0 Å². The summed E-state index contributed by atoms with van der Waals surface area (Å²) < 4.78 is 0. The van der Waals surface area contributed by atoms with E-state index in [1.54, 1.807) is 12.3 Å². The maximum atomic E-state index is 9.95. The summed E-state index contributed by atoms with van der Waals surface area (Å²) in [6, 6.07) is 1.77. The van der Waals surface area contributed by atoms with Gasteiger partial charge in [-0.1, -0.05) is 13.8 Å². The predicted molar refractivity (Wildman–Crippen MR) is 56.0 cm³/mol. The molecule has 1 heterocycles. The number of nitrogens with one attached hydrogen (secondary N) is 1. The Morgan fingerprint density at radius 1 is 1.57 bits per heavy atom. The van der Waals surface area contributed by atoms with Gasteiger partial charge in [-0.3, -0.25) is 0 Å². The van der Waals surface area contributed by atoms with E-state index in [4.69, 9.17) is 0 Å². The molecule has 0 bridgehead atoms. The number of hydrogen-bond donors (Lipinski definition) is 2. The standard InChI is InChI=1S/C10H17N3O/c1-8(2)10(3,14)6-12-9-4-5-11-7-13-9/h4-5,7-8,14H,6H2,1-3H3,(H,11,12,13). The van der Waals surface area contributed by atoms with E-state index in [0.29, 0.717) is 6.54 Å². The van der Waals surface area contributed by atoms with Crippen LogP contribution in [0.1, 0.15) is 20.8 Å². The molecule has 0 fully saturated rings. The highest BCUT2D eigenvalue weighted by atomic mass is 16.3. The molecule has 0 aliphatic carbocycles. The number of hydrogen-bond acceptors (Lipinski definition) is 4. The molecule has 1 atom stereocenters. The van der Waals surface area contributed by atoms with Crippen LogP contribution in [0.25, 0.3) is 0 Å². The quantitative estimate of drug-likeness (QED) is 0.760. The van der Waals surface area contributed by atoms with E-state index < -0.39 is 5.60 Å². The second-order valence-electron chi connectivity index (χ2n) is 3.96. The maximum absolute atomic E-state index is 9.95. The summed E-state index contributed by atoms with van der Waals surface area (Å²) in [6.07, 6.45) is 3.14. The molecule has 0 radical (unpaired) electrons. The lowest BCUT2D eigenvalue weighted by atomic mass is 9.93. The predicted octanol–water partition coefficient (Wildman–Crippen LogP) is 1.30. The number of nitrogens with zero attached hydrogens (tertiary/aromatic N) is 2. The molecule has 4 nitrogen and oxygen atoms in total. The Morgan fingerprint density at radius 3 is 2.79 bits per heavy atom. The van der Waals surface area contributed by atoms with Crippen LogP contribution in [-0.2, 0) is 0 Å². The van der Waals surface area contributed by atoms with Gasteiger partial charge in [0.15, 0.2) is 0 Å². The average Bonchev–Trinajstić information content (AvgIpc) is 2.16. The van der Waals surface area contributed by atoms with Crippen molar-refractivity contribution in [3.05, 3.63) is 18.6 Å². The van der Waals surface area contributed by atoms with Crippen LogP contribution in [0.15, 0.2) is 18.6 Å². The highest BCUT2D eigenvalue weighted by molar-refractivity contribution is 5.31. The summed E-state index contributed by atoms with van der Waals surface area (Å²) in [5.74, 6) is 0.942. The summed E-state index contributed by atoms with van der Waals surface area (Å²) in [5, 5.41) is 13.0. The molecule has 4 heteroatoms. The van der Waals surface area contributed by atoms with Gasteiger partial charge in [-0.05, 0) is 18.9 Å². The van der Waals surface area contributed by atoms with Gasteiger partial charge in [-0.15, -0.1) is 0 Å². The highest BCUT2D eigenvalue weighted by Gasteiger charge is 2.24. The summed E-state index contributed by atoms with van der Waals surface area (Å²) in [7, 11) is 0. The number of anilines is 1. The van der Waals surface area contributed by atoms with Gasteiger partial charge in [0, 0.05) is 12.7 Å².